The number of para-hydroxylation sites is 2. The molecular formula is C48H50IrNO4P. The van der Waals surface area contributed by atoms with Crippen molar-refractivity contribution in [2.45, 2.75) is 51.6 Å². The van der Waals surface area contributed by atoms with E-state index in [1.165, 1.54) is 25.7 Å². The predicted octanol–water partition coefficient (Wildman–Crippen LogP) is 14.1. The maximum atomic E-state index is 7.08. The maximum absolute atomic E-state index is 7.08. The molecule has 0 N–H and O–H groups in total. The monoisotopic (exact) mass is 928 g/mol. The van der Waals surface area contributed by atoms with Crippen LogP contribution in [0.2, 0.25) is 0 Å². The van der Waals surface area contributed by atoms with Crippen molar-refractivity contribution in [1.29, 1.82) is 0 Å². The molecule has 0 aliphatic heterocycles. The van der Waals surface area contributed by atoms with Gasteiger partial charge in [-0.25, -0.2) is 0 Å². The van der Waals surface area contributed by atoms with E-state index in [1.807, 2.05) is 36.4 Å². The van der Waals surface area contributed by atoms with Crippen molar-refractivity contribution in [3.8, 4) is 11.5 Å². The van der Waals surface area contributed by atoms with Crippen LogP contribution in [0.1, 0.15) is 62.7 Å². The summed E-state index contributed by atoms with van der Waals surface area (Å²) in [5, 5.41) is 6.67. The second-order valence-electron chi connectivity index (χ2n) is 13.1. The molecule has 0 amide bonds. The number of hydrogen-bond acceptors (Lipinski definition) is 5. The molecule has 1 saturated carbocycles. The van der Waals surface area contributed by atoms with Gasteiger partial charge in [0, 0.05) is 54.1 Å². The van der Waals surface area contributed by atoms with Gasteiger partial charge in [0.25, 0.3) is 0 Å². The second-order valence-corrected chi connectivity index (χ2v) is 14.4. The Balaban J connectivity index is 0.000000466. The van der Waals surface area contributed by atoms with Gasteiger partial charge in [-0.3, -0.25) is 0 Å². The van der Waals surface area contributed by atoms with E-state index in [-0.39, 0.29) is 32.2 Å². The molecule has 0 bridgehead atoms. The van der Waals surface area contributed by atoms with E-state index in [0.29, 0.717) is 0 Å². The predicted molar refractivity (Wildman–Crippen MR) is 229 cm³/mol. The Bertz CT molecular complexity index is 2150. The minimum atomic E-state index is -1.68. The van der Waals surface area contributed by atoms with Crippen LogP contribution in [-0.4, -0.2) is 14.2 Å². The second kappa shape index (κ2) is 20.7. The van der Waals surface area contributed by atoms with Crippen LogP contribution in [-0.2, 0) is 20.1 Å². The van der Waals surface area contributed by atoms with Gasteiger partial charge >= 0.3 is 8.16 Å². The third-order valence-corrected chi connectivity index (χ3v) is 11.7. The molecule has 5 nitrogen and oxygen atoms in total. The van der Waals surface area contributed by atoms with Crippen LogP contribution < -0.4 is 14.1 Å². The zero-order chi connectivity index (χ0) is 37.9. The number of benzene rings is 6. The molecule has 0 unspecified atom stereocenters. The largest absolute Gasteiger partial charge is 0.496 e. The molecule has 285 valence electrons. The van der Waals surface area contributed by atoms with E-state index in [2.05, 4.69) is 143 Å². The quantitative estimate of drug-likeness (QED) is 0.159. The molecule has 2 atom stereocenters. The molecular weight excluding hydrogens is 878 g/mol. The van der Waals surface area contributed by atoms with Gasteiger partial charge in [-0.1, -0.05) is 111 Å². The van der Waals surface area contributed by atoms with Crippen molar-refractivity contribution in [3.63, 3.8) is 0 Å². The van der Waals surface area contributed by atoms with Gasteiger partial charge in [0.05, 0.1) is 14.2 Å². The van der Waals surface area contributed by atoms with E-state index in [1.54, 1.807) is 14.2 Å². The number of rotatable bonds is 7. The summed E-state index contributed by atoms with van der Waals surface area (Å²) in [7, 11) is 1.74. The average Bonchev–Trinajstić information content (AvgIpc) is 3.38. The minimum Gasteiger partial charge on any atom is -0.496 e. The summed E-state index contributed by atoms with van der Waals surface area (Å²) in [6, 6.07) is 41.4. The first-order chi connectivity index (χ1) is 26.6. The van der Waals surface area contributed by atoms with Crippen LogP contribution in [0.5, 0.6) is 11.5 Å². The molecule has 0 saturated heterocycles. The van der Waals surface area contributed by atoms with Gasteiger partial charge in [0.15, 0.2) is 0 Å². The number of ether oxygens (including phenoxy) is 2. The van der Waals surface area contributed by atoms with Crippen LogP contribution in [0.15, 0.2) is 130 Å². The topological polar surface area (TPSA) is 48.0 Å². The maximum Gasteiger partial charge on any atom is 0.310 e. The molecule has 7 aromatic rings. The fraction of sp³-hybridized carbons (Fsp3) is 0.208. The van der Waals surface area contributed by atoms with Crippen LogP contribution in [0.25, 0.3) is 43.5 Å². The van der Waals surface area contributed by atoms with Crippen molar-refractivity contribution in [2.24, 2.45) is 0 Å². The van der Waals surface area contributed by atoms with Gasteiger partial charge in [-0.05, 0) is 111 Å². The van der Waals surface area contributed by atoms with Gasteiger partial charge in [0.1, 0.15) is 22.7 Å². The molecule has 1 aliphatic rings. The molecule has 1 heterocycles. The summed E-state index contributed by atoms with van der Waals surface area (Å²) in [6.45, 7) is 10.4. The first-order valence-electron chi connectivity index (χ1n) is 18.6. The Hall–Kier alpha value is -4.05. The molecule has 0 spiro atoms. The van der Waals surface area contributed by atoms with E-state index in [0.717, 1.165) is 66.1 Å². The Morgan fingerprint density at radius 2 is 0.891 bits per heavy atom. The summed E-state index contributed by atoms with van der Waals surface area (Å²) in [4.78, 5) is 0. The number of hydrogen-bond donors (Lipinski definition) is 0. The molecule has 1 aliphatic carbocycles. The van der Waals surface area contributed by atoms with Gasteiger partial charge < -0.3 is 17.9 Å². The van der Waals surface area contributed by atoms with Crippen LogP contribution in [0, 0.1) is 39.5 Å². The van der Waals surface area contributed by atoms with Crippen molar-refractivity contribution < 1.29 is 38.0 Å². The molecule has 6 aromatic carbocycles. The smallest absolute Gasteiger partial charge is 0.310 e. The number of methoxy groups -OCH3 is 2. The number of fused-ring (bicyclic) bond motifs is 7. The van der Waals surface area contributed by atoms with E-state index in [9.17, 15) is 0 Å². The molecule has 7 heteroatoms. The first-order valence-corrected chi connectivity index (χ1v) is 19.8. The Morgan fingerprint density at radius 3 is 1.29 bits per heavy atom. The normalized spacial score (nSPS) is 14.0. The molecule has 7 radical (unpaired) electrons. The van der Waals surface area contributed by atoms with Crippen LogP contribution in [0.4, 0.5) is 0 Å². The van der Waals surface area contributed by atoms with Crippen molar-refractivity contribution in [1.82, 2.24) is 0 Å². The minimum absolute atomic E-state index is 0. The Morgan fingerprint density at radius 1 is 0.527 bits per heavy atom. The van der Waals surface area contributed by atoms with Crippen LogP contribution >= 0.6 is 8.16 Å². The van der Waals surface area contributed by atoms with Crippen molar-refractivity contribution >= 4 is 51.6 Å². The zero-order valence-corrected chi connectivity index (χ0v) is 35.4. The Labute approximate surface area is 342 Å². The first kappa shape index (κ1) is 42.1. The fourth-order valence-electron chi connectivity index (χ4n) is 7.23. The molecule has 8 rings (SSSR count). The van der Waals surface area contributed by atoms with Gasteiger partial charge in [0.2, 0.25) is 0 Å². The third-order valence-electron chi connectivity index (χ3n) is 9.88. The summed E-state index contributed by atoms with van der Waals surface area (Å²) in [5.74, 6) is 1.64. The SMILES string of the molecule is COc1ccccc1[C@H](C)N([C@@H](C)c1ccccc1OC)p1oc2ccc3ccccc3c2c2c(ccc3ccccc32)o1.[CH2][CH2].[CH]1[CH]CC[CH][CH]CC1.[Ir]. The van der Waals surface area contributed by atoms with E-state index < -0.39 is 8.16 Å². The standard InChI is InChI=1S/C38H34NO4P.C8H12.C2H4.Ir/c1-25(29-15-9-11-19-33(29)40-3)39(26(2)30-16-10-12-20-34(30)41-4)44-42-35-23-21-27-13-5-7-17-31(27)37(35)38-32-18-8-6-14-28(32)22-24-36(38)43-44;1-2-4-6-8-7-5-3-1;1-2;/h5-26H,1-4H3;1-2,7-8H,3-6H2;1-2H2;/t25-,26-;;;/m0.../s1. The third kappa shape index (κ3) is 9.50. The van der Waals surface area contributed by atoms with Crippen molar-refractivity contribution in [2.75, 3.05) is 18.9 Å². The van der Waals surface area contributed by atoms with Crippen molar-refractivity contribution in [3.05, 3.63) is 172 Å². The zero-order valence-electron chi connectivity index (χ0n) is 32.1. The van der Waals surface area contributed by atoms with Gasteiger partial charge in [-0.15, -0.1) is 0 Å². The van der Waals surface area contributed by atoms with E-state index in [4.69, 9.17) is 17.9 Å². The number of nitrogens with zero attached hydrogens (tertiary/aromatic N) is 1. The van der Waals surface area contributed by atoms with Crippen LogP contribution in [0.3, 0.4) is 0 Å². The summed E-state index contributed by atoms with van der Waals surface area (Å²) < 4.78 is 28.2. The molecule has 1 fully saturated rings. The average molecular weight is 928 g/mol. The Kier molecular flexibility index (Phi) is 15.9. The van der Waals surface area contributed by atoms with Gasteiger partial charge in [-0.2, -0.15) is 4.67 Å². The molecule has 55 heavy (non-hydrogen) atoms. The van der Waals surface area contributed by atoms with E-state index >= 15 is 0 Å². The fourth-order valence-corrected chi connectivity index (χ4v) is 8.92. The molecule has 1 aromatic heterocycles. The summed E-state index contributed by atoms with van der Waals surface area (Å²) >= 11 is 0. The summed E-state index contributed by atoms with van der Waals surface area (Å²) in [5.41, 5.74) is 3.70. The summed E-state index contributed by atoms with van der Waals surface area (Å²) in [6.07, 6.45) is 14.0.